The van der Waals surface area contributed by atoms with E-state index in [0.717, 1.165) is 18.6 Å². The van der Waals surface area contributed by atoms with Crippen LogP contribution in [-0.4, -0.2) is 44.8 Å². The maximum Gasteiger partial charge on any atom is 0.228 e. The van der Waals surface area contributed by atoms with E-state index in [9.17, 15) is 9.59 Å². The summed E-state index contributed by atoms with van der Waals surface area (Å²) in [5.41, 5.74) is 0. The van der Waals surface area contributed by atoms with Crippen LogP contribution in [0, 0.1) is 12.8 Å². The average Bonchev–Trinajstić information content (AvgIpc) is 3.35. The van der Waals surface area contributed by atoms with Gasteiger partial charge in [0, 0.05) is 26.4 Å². The third kappa shape index (κ3) is 3.04. The van der Waals surface area contributed by atoms with E-state index in [1.165, 1.54) is 0 Å². The molecule has 2 saturated heterocycles. The van der Waals surface area contributed by atoms with Crippen molar-refractivity contribution in [1.82, 2.24) is 19.9 Å². The van der Waals surface area contributed by atoms with Crippen LogP contribution in [0.15, 0.2) is 27.3 Å². The molecule has 0 bridgehead atoms. The van der Waals surface area contributed by atoms with Gasteiger partial charge in [0.05, 0.1) is 24.8 Å². The molecule has 2 aromatic rings. The molecule has 0 aliphatic carbocycles. The minimum Gasteiger partial charge on any atom is -0.467 e. The third-order valence-electron chi connectivity index (χ3n) is 4.87. The normalized spacial score (nSPS) is 23.6. The Morgan fingerprint density at radius 3 is 3.04 bits per heavy atom. The molecular formula is C17H20N4O4. The van der Waals surface area contributed by atoms with Crippen LogP contribution in [0.5, 0.6) is 0 Å². The molecule has 2 aliphatic heterocycles. The first-order valence-electron chi connectivity index (χ1n) is 8.52. The first kappa shape index (κ1) is 15.9. The van der Waals surface area contributed by atoms with E-state index in [2.05, 4.69) is 10.1 Å². The zero-order chi connectivity index (χ0) is 17.4. The minimum atomic E-state index is -0.323. The van der Waals surface area contributed by atoms with Crippen molar-refractivity contribution in [3.05, 3.63) is 35.9 Å². The zero-order valence-corrected chi connectivity index (χ0v) is 14.1. The van der Waals surface area contributed by atoms with Gasteiger partial charge in [-0.2, -0.15) is 4.98 Å². The molecule has 0 spiro atoms. The molecule has 8 nitrogen and oxygen atoms in total. The van der Waals surface area contributed by atoms with Gasteiger partial charge in [-0.15, -0.1) is 0 Å². The van der Waals surface area contributed by atoms with Gasteiger partial charge in [0.25, 0.3) is 0 Å². The van der Waals surface area contributed by atoms with Gasteiger partial charge in [0.1, 0.15) is 5.76 Å². The lowest BCUT2D eigenvalue weighted by Crippen LogP contribution is -2.37. The number of carbonyl (C=O) groups is 2. The fourth-order valence-corrected chi connectivity index (χ4v) is 3.66. The second-order valence-corrected chi connectivity index (χ2v) is 6.62. The summed E-state index contributed by atoms with van der Waals surface area (Å²) in [4.78, 5) is 33.0. The van der Waals surface area contributed by atoms with E-state index in [0.29, 0.717) is 31.3 Å². The Labute approximate surface area is 144 Å². The highest BCUT2D eigenvalue weighted by Gasteiger charge is 2.41. The van der Waals surface area contributed by atoms with Crippen molar-refractivity contribution in [3.8, 4) is 0 Å². The predicted octanol–water partition coefficient (Wildman–Crippen LogP) is 1.68. The van der Waals surface area contributed by atoms with Gasteiger partial charge in [0.15, 0.2) is 5.82 Å². The minimum absolute atomic E-state index is 0.000230. The molecule has 2 fully saturated rings. The Bertz CT molecular complexity index is 769. The number of nitrogens with zero attached hydrogens (tertiary/aromatic N) is 4. The number of likely N-dealkylation sites (tertiary alicyclic amines) is 2. The smallest absolute Gasteiger partial charge is 0.228 e. The van der Waals surface area contributed by atoms with E-state index in [1.807, 2.05) is 6.07 Å². The van der Waals surface area contributed by atoms with Crippen LogP contribution >= 0.6 is 0 Å². The molecular weight excluding hydrogens is 324 g/mol. The molecule has 132 valence electrons. The van der Waals surface area contributed by atoms with E-state index in [-0.39, 0.29) is 30.2 Å². The Morgan fingerprint density at radius 1 is 1.44 bits per heavy atom. The Kier molecular flexibility index (Phi) is 4.03. The van der Waals surface area contributed by atoms with E-state index >= 15 is 0 Å². The summed E-state index contributed by atoms with van der Waals surface area (Å²) < 4.78 is 10.4. The maximum atomic E-state index is 13.0. The molecule has 0 N–H and O–H groups in total. The van der Waals surface area contributed by atoms with Crippen molar-refractivity contribution in [2.75, 3.05) is 13.1 Å². The second-order valence-electron chi connectivity index (χ2n) is 6.62. The molecule has 2 atom stereocenters. The highest BCUT2D eigenvalue weighted by molar-refractivity contribution is 5.89. The zero-order valence-electron chi connectivity index (χ0n) is 14.1. The summed E-state index contributed by atoms with van der Waals surface area (Å²) in [6.07, 6.45) is 3.55. The number of aryl methyl sites for hydroxylation is 1. The van der Waals surface area contributed by atoms with Crippen molar-refractivity contribution in [1.29, 1.82) is 0 Å². The summed E-state index contributed by atoms with van der Waals surface area (Å²) in [6.45, 7) is 3.23. The molecule has 25 heavy (non-hydrogen) atoms. The topological polar surface area (TPSA) is 92.7 Å². The van der Waals surface area contributed by atoms with Gasteiger partial charge in [-0.1, -0.05) is 5.16 Å². The number of carbonyl (C=O) groups excluding carboxylic acids is 2. The number of amides is 2. The van der Waals surface area contributed by atoms with Crippen molar-refractivity contribution >= 4 is 11.8 Å². The quantitative estimate of drug-likeness (QED) is 0.838. The molecule has 2 amide bonds. The third-order valence-corrected chi connectivity index (χ3v) is 4.87. The Balaban J connectivity index is 1.44. The predicted molar refractivity (Wildman–Crippen MR) is 85.0 cm³/mol. The summed E-state index contributed by atoms with van der Waals surface area (Å²) in [7, 11) is 0. The molecule has 0 aromatic carbocycles. The first-order valence-corrected chi connectivity index (χ1v) is 8.52. The van der Waals surface area contributed by atoms with E-state index in [1.54, 1.807) is 29.1 Å². The second kappa shape index (κ2) is 6.34. The van der Waals surface area contributed by atoms with Crippen molar-refractivity contribution < 1.29 is 18.5 Å². The van der Waals surface area contributed by atoms with Gasteiger partial charge < -0.3 is 18.7 Å². The monoisotopic (exact) mass is 344 g/mol. The van der Waals surface area contributed by atoms with Crippen LogP contribution in [-0.2, 0) is 16.1 Å². The largest absolute Gasteiger partial charge is 0.467 e. The molecule has 4 heterocycles. The van der Waals surface area contributed by atoms with E-state index < -0.39 is 0 Å². The Morgan fingerprint density at radius 2 is 2.32 bits per heavy atom. The van der Waals surface area contributed by atoms with Gasteiger partial charge >= 0.3 is 0 Å². The molecule has 4 rings (SSSR count). The maximum absolute atomic E-state index is 13.0. The first-order chi connectivity index (χ1) is 12.1. The number of furan rings is 1. The van der Waals surface area contributed by atoms with E-state index in [4.69, 9.17) is 8.94 Å². The van der Waals surface area contributed by atoms with Gasteiger partial charge in [0.2, 0.25) is 17.7 Å². The summed E-state index contributed by atoms with van der Waals surface area (Å²) in [5.74, 6) is 1.44. The van der Waals surface area contributed by atoms with Gasteiger partial charge in [-0.3, -0.25) is 9.59 Å². The van der Waals surface area contributed by atoms with Crippen molar-refractivity contribution in [3.63, 3.8) is 0 Å². The van der Waals surface area contributed by atoms with Gasteiger partial charge in [-0.05, 0) is 25.0 Å². The van der Waals surface area contributed by atoms with Crippen molar-refractivity contribution in [2.24, 2.45) is 5.92 Å². The SMILES string of the molecule is Cc1nc(C2CCCN2C(=O)C2CC(=O)N(Cc3ccco3)C2)no1. The van der Waals surface area contributed by atoms with Crippen LogP contribution in [0.2, 0.25) is 0 Å². The summed E-state index contributed by atoms with van der Waals surface area (Å²) >= 11 is 0. The molecule has 0 radical (unpaired) electrons. The lowest BCUT2D eigenvalue weighted by atomic mass is 10.1. The fourth-order valence-electron chi connectivity index (χ4n) is 3.66. The highest BCUT2D eigenvalue weighted by atomic mass is 16.5. The molecule has 8 heteroatoms. The lowest BCUT2D eigenvalue weighted by Gasteiger charge is -2.25. The van der Waals surface area contributed by atoms with Crippen LogP contribution in [0.25, 0.3) is 0 Å². The summed E-state index contributed by atoms with van der Waals surface area (Å²) in [5, 5.41) is 3.97. The van der Waals surface area contributed by atoms with Crippen LogP contribution in [0.3, 0.4) is 0 Å². The van der Waals surface area contributed by atoms with Crippen LogP contribution in [0.4, 0.5) is 0 Å². The number of hydrogen-bond donors (Lipinski definition) is 0. The number of rotatable bonds is 4. The van der Waals surface area contributed by atoms with Gasteiger partial charge in [-0.25, -0.2) is 0 Å². The lowest BCUT2D eigenvalue weighted by molar-refractivity contribution is -0.136. The fraction of sp³-hybridized carbons (Fsp3) is 0.529. The average molecular weight is 344 g/mol. The Hall–Kier alpha value is -2.64. The summed E-state index contributed by atoms with van der Waals surface area (Å²) in [6, 6.07) is 3.47. The molecule has 2 aliphatic rings. The molecule has 0 saturated carbocycles. The highest BCUT2D eigenvalue weighted by Crippen LogP contribution is 2.33. The molecule has 2 aromatic heterocycles. The number of hydrogen-bond acceptors (Lipinski definition) is 6. The number of aromatic nitrogens is 2. The van der Waals surface area contributed by atoms with Crippen LogP contribution in [0.1, 0.15) is 42.8 Å². The van der Waals surface area contributed by atoms with Crippen molar-refractivity contribution in [2.45, 2.75) is 38.8 Å². The van der Waals surface area contributed by atoms with Crippen LogP contribution < -0.4 is 0 Å². The molecule has 2 unspecified atom stereocenters. The standard InChI is InChI=1S/C17H20N4O4/c1-11-18-16(19-25-11)14-5-2-6-21(14)17(23)12-8-15(22)20(9-12)10-13-4-3-7-24-13/h3-4,7,12,14H,2,5-6,8-10H2,1H3.